The highest BCUT2D eigenvalue weighted by Crippen LogP contribution is 2.44. The third-order valence-electron chi connectivity index (χ3n) is 10.9. The number of aromatic nitrogens is 2. The number of nitrogens with one attached hydrogen (secondary N) is 1. The number of fused-ring (bicyclic) bond motifs is 3. The van der Waals surface area contributed by atoms with E-state index in [9.17, 15) is 0 Å². The largest absolute Gasteiger partial charge is 0.376 e. The zero-order valence-corrected chi connectivity index (χ0v) is 32.9. The molecule has 266 valence electrons. The predicted molar refractivity (Wildman–Crippen MR) is 218 cm³/mol. The average molecular weight is 680 g/mol. The van der Waals surface area contributed by atoms with Crippen molar-refractivity contribution >= 4 is 11.4 Å². The molecule has 1 aliphatic rings. The van der Waals surface area contributed by atoms with Crippen molar-refractivity contribution in [1.29, 1.82) is 0 Å². The molecule has 51 heavy (non-hydrogen) atoms. The van der Waals surface area contributed by atoms with Gasteiger partial charge in [0.1, 0.15) is 5.92 Å². The van der Waals surface area contributed by atoms with E-state index in [1.54, 1.807) is 0 Å². The monoisotopic (exact) mass is 679 g/mol. The summed E-state index contributed by atoms with van der Waals surface area (Å²) < 4.78 is 4.87. The molecule has 3 atom stereocenters. The topological polar surface area (TPSA) is 19.8 Å². The first-order chi connectivity index (χ1) is 24.3. The van der Waals surface area contributed by atoms with Gasteiger partial charge in [-0.15, -0.1) is 0 Å². The molecule has 2 aromatic carbocycles. The van der Waals surface area contributed by atoms with Gasteiger partial charge in [0.25, 0.3) is 0 Å². The van der Waals surface area contributed by atoms with Crippen LogP contribution in [0.25, 0.3) is 22.7 Å². The van der Waals surface area contributed by atoms with E-state index >= 15 is 0 Å². The molecule has 3 unspecified atom stereocenters. The van der Waals surface area contributed by atoms with Crippen LogP contribution < -0.4 is 14.5 Å². The van der Waals surface area contributed by atoms with E-state index in [0.717, 1.165) is 24.2 Å². The van der Waals surface area contributed by atoms with Crippen LogP contribution in [-0.4, -0.2) is 5.54 Å². The molecule has 1 N–H and O–H groups in total. The number of hydrogen-bond donors (Lipinski definition) is 1. The first kappa shape index (κ1) is 37.7. The molecule has 0 saturated carbocycles. The van der Waals surface area contributed by atoms with Crippen LogP contribution in [0.5, 0.6) is 0 Å². The zero-order chi connectivity index (χ0) is 37.0. The van der Waals surface area contributed by atoms with Gasteiger partial charge in [-0.05, 0) is 92.0 Å². The standard InChI is InChI=1S/C48H61N3/c1-13-20-43(47-38(32(3)4)23-19-24-39(47)33(5)6)49-48(12,27-14-2)28-26-45-46(37(11)51-31-35(9)42(34(7)8)30-36(51)10)41-22-16-15-21-40(41)44-25-17-18-29-50(44)45/h13-25,27,29-34,45-46,49H,1,11,26,28H2,2-10,12H3/q+2/b27-14-,43-20-. The summed E-state index contributed by atoms with van der Waals surface area (Å²) in [4.78, 5) is 0. The van der Waals surface area contributed by atoms with Gasteiger partial charge in [-0.25, -0.2) is 0 Å². The molecule has 3 heterocycles. The maximum atomic E-state index is 4.89. The maximum Gasteiger partial charge on any atom is 0.213 e. The highest BCUT2D eigenvalue weighted by molar-refractivity contribution is 5.73. The van der Waals surface area contributed by atoms with Gasteiger partial charge in [0.05, 0.1) is 11.1 Å². The second-order valence-corrected chi connectivity index (χ2v) is 15.7. The summed E-state index contributed by atoms with van der Waals surface area (Å²) in [6.45, 7) is 31.7. The van der Waals surface area contributed by atoms with E-state index in [0.29, 0.717) is 17.8 Å². The summed E-state index contributed by atoms with van der Waals surface area (Å²) in [7, 11) is 0. The molecule has 3 heteroatoms. The van der Waals surface area contributed by atoms with E-state index < -0.39 is 0 Å². The summed E-state index contributed by atoms with van der Waals surface area (Å²) in [5, 5.41) is 4.10. The van der Waals surface area contributed by atoms with Crippen molar-refractivity contribution in [2.24, 2.45) is 0 Å². The van der Waals surface area contributed by atoms with Gasteiger partial charge in [-0.3, -0.25) is 0 Å². The van der Waals surface area contributed by atoms with Crippen LogP contribution in [0.2, 0.25) is 0 Å². The van der Waals surface area contributed by atoms with Crippen molar-refractivity contribution in [3.8, 4) is 11.3 Å². The minimum atomic E-state index is -0.321. The van der Waals surface area contributed by atoms with Gasteiger partial charge in [-0.2, -0.15) is 9.13 Å². The summed E-state index contributed by atoms with van der Waals surface area (Å²) in [5.74, 6) is 1.34. The van der Waals surface area contributed by atoms with E-state index in [2.05, 4.69) is 188 Å². The van der Waals surface area contributed by atoms with Crippen LogP contribution >= 0.6 is 0 Å². The lowest BCUT2D eigenvalue weighted by Crippen LogP contribution is -2.52. The number of pyridine rings is 2. The fraction of sp³-hybridized carbons (Fsp3) is 0.375. The first-order valence-corrected chi connectivity index (χ1v) is 19.0. The number of allylic oxidation sites excluding steroid dienone is 4. The number of nitrogens with zero attached hydrogens (tertiary/aromatic N) is 2. The Balaban J connectivity index is 1.60. The molecule has 0 aliphatic carbocycles. The van der Waals surface area contributed by atoms with E-state index in [4.69, 9.17) is 6.58 Å². The Bertz CT molecular complexity index is 1930. The van der Waals surface area contributed by atoms with Crippen LogP contribution in [-0.2, 0) is 0 Å². The third-order valence-corrected chi connectivity index (χ3v) is 10.9. The lowest BCUT2D eigenvalue weighted by molar-refractivity contribution is -0.721. The molecular weight excluding hydrogens is 619 g/mol. The molecule has 1 aliphatic heterocycles. The smallest absolute Gasteiger partial charge is 0.213 e. The first-order valence-electron chi connectivity index (χ1n) is 19.0. The van der Waals surface area contributed by atoms with Crippen molar-refractivity contribution in [2.75, 3.05) is 0 Å². The quantitative estimate of drug-likeness (QED) is 0.0847. The van der Waals surface area contributed by atoms with Gasteiger partial charge < -0.3 is 5.32 Å². The van der Waals surface area contributed by atoms with Gasteiger partial charge in [0, 0.05) is 48.4 Å². The van der Waals surface area contributed by atoms with Crippen LogP contribution in [0.1, 0.15) is 137 Å². The number of hydrogen-bond acceptors (Lipinski definition) is 1. The molecule has 0 radical (unpaired) electrons. The van der Waals surface area contributed by atoms with E-state index in [1.165, 1.54) is 50.3 Å². The molecule has 0 amide bonds. The van der Waals surface area contributed by atoms with Crippen molar-refractivity contribution in [3.63, 3.8) is 0 Å². The molecule has 0 spiro atoms. The van der Waals surface area contributed by atoms with Crippen molar-refractivity contribution in [1.82, 2.24) is 5.32 Å². The van der Waals surface area contributed by atoms with Gasteiger partial charge in [0.15, 0.2) is 29.8 Å². The summed E-state index contributed by atoms with van der Waals surface area (Å²) in [5.41, 5.74) is 13.8. The van der Waals surface area contributed by atoms with E-state index in [-0.39, 0.29) is 17.5 Å². The number of rotatable bonds is 13. The number of benzene rings is 2. The van der Waals surface area contributed by atoms with E-state index in [1.807, 2.05) is 6.08 Å². The van der Waals surface area contributed by atoms with Crippen molar-refractivity contribution in [3.05, 3.63) is 156 Å². The second kappa shape index (κ2) is 15.8. The molecule has 0 saturated heterocycles. The maximum absolute atomic E-state index is 4.89. The lowest BCUT2D eigenvalue weighted by Gasteiger charge is -2.35. The molecule has 0 bridgehead atoms. The summed E-state index contributed by atoms with van der Waals surface area (Å²) >= 11 is 0. The SMILES string of the molecule is C=C/C=C(\NC(C)(/C=C\C)CCC1C(C(=C)[n+]2cc(C)c(C(C)C)cc2C)c2ccccc2-c2cccc[n+]21)c1c(C(C)C)cccc1C(C)C. The minimum Gasteiger partial charge on any atom is -0.376 e. The summed E-state index contributed by atoms with van der Waals surface area (Å²) in [6.07, 6.45) is 15.1. The molecule has 4 aromatic rings. The van der Waals surface area contributed by atoms with Crippen LogP contribution in [0, 0.1) is 13.8 Å². The van der Waals surface area contributed by atoms with Crippen LogP contribution in [0.3, 0.4) is 0 Å². The van der Waals surface area contributed by atoms with Crippen LogP contribution in [0.15, 0.2) is 117 Å². The zero-order valence-electron chi connectivity index (χ0n) is 32.9. The molecular formula is C48H61N3+2. The Labute approximate surface area is 309 Å². The number of aryl methyl sites for hydroxylation is 2. The average Bonchev–Trinajstić information content (AvgIpc) is 3.10. The molecule has 0 fully saturated rings. The summed E-state index contributed by atoms with van der Waals surface area (Å²) in [6, 6.07) is 24.9. The Morgan fingerprint density at radius 1 is 0.882 bits per heavy atom. The molecule has 2 aromatic heterocycles. The Morgan fingerprint density at radius 3 is 2.16 bits per heavy atom. The molecule has 5 rings (SSSR count). The van der Waals surface area contributed by atoms with Gasteiger partial charge in [0.2, 0.25) is 5.69 Å². The van der Waals surface area contributed by atoms with Crippen LogP contribution in [0.4, 0.5) is 0 Å². The Kier molecular flexibility index (Phi) is 11.7. The second-order valence-electron chi connectivity index (χ2n) is 15.7. The lowest BCUT2D eigenvalue weighted by atomic mass is 9.77. The highest BCUT2D eigenvalue weighted by atomic mass is 15.1. The van der Waals surface area contributed by atoms with Crippen molar-refractivity contribution < 1.29 is 9.13 Å². The minimum absolute atomic E-state index is 0.0846. The van der Waals surface area contributed by atoms with Gasteiger partial charge in [-0.1, -0.05) is 103 Å². The third kappa shape index (κ3) is 7.74. The normalized spacial score (nSPS) is 17.1. The Hall–Kier alpha value is -4.50. The van der Waals surface area contributed by atoms with Crippen molar-refractivity contribution in [2.45, 2.75) is 117 Å². The predicted octanol–water partition coefficient (Wildman–Crippen LogP) is 11.7. The fourth-order valence-electron chi connectivity index (χ4n) is 8.39. The fourth-order valence-corrected chi connectivity index (χ4v) is 8.39. The highest BCUT2D eigenvalue weighted by Gasteiger charge is 2.45. The van der Waals surface area contributed by atoms with Gasteiger partial charge >= 0.3 is 0 Å². The Morgan fingerprint density at radius 2 is 1.53 bits per heavy atom. The molecule has 3 nitrogen and oxygen atoms in total.